The van der Waals surface area contributed by atoms with Crippen LogP contribution < -0.4 is 0 Å². The second-order valence-corrected chi connectivity index (χ2v) is 5.82. The van der Waals surface area contributed by atoms with Crippen LogP contribution in [0.25, 0.3) is 5.69 Å². The van der Waals surface area contributed by atoms with Gasteiger partial charge in [0.25, 0.3) is 11.6 Å². The number of carbonyl (C=O) groups is 1. The number of esters is 1. The second kappa shape index (κ2) is 7.59. The molecule has 0 aliphatic carbocycles. The molecule has 0 saturated heterocycles. The fourth-order valence-corrected chi connectivity index (χ4v) is 2.53. The zero-order valence-electron chi connectivity index (χ0n) is 14.7. The number of nitro groups is 1. The molecule has 0 fully saturated rings. The van der Waals surface area contributed by atoms with Crippen LogP contribution in [0.2, 0.25) is 0 Å². The first kappa shape index (κ1) is 19.5. The van der Waals surface area contributed by atoms with Crippen LogP contribution in [0.5, 0.6) is 0 Å². The molecule has 0 atom stereocenters. The van der Waals surface area contributed by atoms with E-state index in [9.17, 15) is 23.7 Å². The van der Waals surface area contributed by atoms with Gasteiger partial charge in [0.2, 0.25) is 0 Å². The summed E-state index contributed by atoms with van der Waals surface area (Å²) >= 11 is 0. The van der Waals surface area contributed by atoms with Crippen molar-refractivity contribution in [2.24, 2.45) is 0 Å². The molecule has 1 heterocycles. The van der Waals surface area contributed by atoms with Crippen molar-refractivity contribution in [1.29, 1.82) is 0 Å². The van der Waals surface area contributed by atoms with E-state index in [1.54, 1.807) is 20.0 Å². The third kappa shape index (κ3) is 4.41. The number of aromatic nitrogens is 2. The number of nitro benzene ring substituents is 1. The Kier molecular flexibility index (Phi) is 5.69. The monoisotopic (exact) mass is 367 g/mol. The standard InChI is InChI=1S/C17H19F2N3O4/c1-4-26-16(23)8-7-15-20-11(2)10-21(15)13-6-5-12(17(3,18)19)9-14(13)22(24)25/h5-6,9-10H,4,7-8H2,1-3H3. The van der Waals surface area contributed by atoms with Gasteiger partial charge < -0.3 is 4.74 Å². The summed E-state index contributed by atoms with van der Waals surface area (Å²) in [4.78, 5) is 26.5. The van der Waals surface area contributed by atoms with Gasteiger partial charge in [-0.15, -0.1) is 0 Å². The van der Waals surface area contributed by atoms with Gasteiger partial charge in [0.15, 0.2) is 0 Å². The lowest BCUT2D eigenvalue weighted by molar-refractivity contribution is -0.384. The van der Waals surface area contributed by atoms with Crippen molar-refractivity contribution in [2.75, 3.05) is 6.61 Å². The van der Waals surface area contributed by atoms with Crippen LogP contribution in [0.15, 0.2) is 24.4 Å². The van der Waals surface area contributed by atoms with Crippen molar-refractivity contribution in [3.05, 3.63) is 51.6 Å². The van der Waals surface area contributed by atoms with Crippen LogP contribution in [0.4, 0.5) is 14.5 Å². The van der Waals surface area contributed by atoms with E-state index in [-0.39, 0.29) is 25.1 Å². The van der Waals surface area contributed by atoms with E-state index in [1.807, 2.05) is 0 Å². The van der Waals surface area contributed by atoms with Gasteiger partial charge in [-0.2, -0.15) is 0 Å². The Bertz CT molecular complexity index is 828. The molecule has 0 amide bonds. The number of rotatable bonds is 7. The van der Waals surface area contributed by atoms with Crippen LogP contribution in [0.1, 0.15) is 37.4 Å². The number of ether oxygens (including phenoxy) is 1. The molecule has 2 aromatic rings. The lowest BCUT2D eigenvalue weighted by Crippen LogP contribution is -2.11. The molecule has 0 aliphatic rings. The van der Waals surface area contributed by atoms with Crippen molar-refractivity contribution in [1.82, 2.24) is 9.55 Å². The summed E-state index contributed by atoms with van der Waals surface area (Å²) in [5, 5.41) is 11.4. The number of hydrogen-bond acceptors (Lipinski definition) is 5. The van der Waals surface area contributed by atoms with E-state index in [4.69, 9.17) is 4.74 Å². The summed E-state index contributed by atoms with van der Waals surface area (Å²) < 4.78 is 33.3. The lowest BCUT2D eigenvalue weighted by atomic mass is 10.1. The maximum Gasteiger partial charge on any atom is 0.306 e. The number of hydrogen-bond donors (Lipinski definition) is 0. The molecule has 0 unspecified atom stereocenters. The van der Waals surface area contributed by atoms with E-state index in [0.29, 0.717) is 18.4 Å². The zero-order valence-corrected chi connectivity index (χ0v) is 14.7. The summed E-state index contributed by atoms with van der Waals surface area (Å²) in [6.45, 7) is 4.32. The number of alkyl halides is 2. The SMILES string of the molecule is CCOC(=O)CCc1nc(C)cn1-c1ccc(C(C)(F)F)cc1[N+](=O)[O-]. The highest BCUT2D eigenvalue weighted by Gasteiger charge is 2.29. The third-order valence-corrected chi connectivity index (χ3v) is 3.70. The van der Waals surface area contributed by atoms with Crippen molar-refractivity contribution in [2.45, 2.75) is 39.5 Å². The van der Waals surface area contributed by atoms with Crippen molar-refractivity contribution in [3.8, 4) is 5.69 Å². The van der Waals surface area contributed by atoms with Crippen molar-refractivity contribution >= 4 is 11.7 Å². The predicted molar refractivity (Wildman–Crippen MR) is 89.5 cm³/mol. The molecule has 0 radical (unpaired) electrons. The van der Waals surface area contributed by atoms with Crippen LogP contribution in [-0.4, -0.2) is 27.1 Å². The second-order valence-electron chi connectivity index (χ2n) is 5.82. The number of imidazole rings is 1. The number of benzene rings is 1. The van der Waals surface area contributed by atoms with E-state index in [2.05, 4.69) is 4.98 Å². The molecule has 0 bridgehead atoms. The first-order valence-corrected chi connectivity index (χ1v) is 8.01. The first-order valence-electron chi connectivity index (χ1n) is 8.01. The molecule has 140 valence electrons. The van der Waals surface area contributed by atoms with Gasteiger partial charge in [0, 0.05) is 31.2 Å². The molecule has 2 rings (SSSR count). The molecule has 1 aromatic heterocycles. The predicted octanol–water partition coefficient (Wildman–Crippen LogP) is 3.70. The average Bonchev–Trinajstić information content (AvgIpc) is 2.92. The minimum absolute atomic E-state index is 0.0587. The molecule has 0 saturated carbocycles. The highest BCUT2D eigenvalue weighted by atomic mass is 19.3. The molecule has 9 heteroatoms. The number of halogens is 2. The normalized spacial score (nSPS) is 11.4. The maximum atomic E-state index is 13.5. The molecular weight excluding hydrogens is 348 g/mol. The summed E-state index contributed by atoms with van der Waals surface area (Å²) in [6.07, 6.45) is 1.82. The fourth-order valence-electron chi connectivity index (χ4n) is 2.53. The quantitative estimate of drug-likeness (QED) is 0.423. The van der Waals surface area contributed by atoms with E-state index < -0.39 is 28.1 Å². The summed E-state index contributed by atoms with van der Waals surface area (Å²) in [7, 11) is 0. The van der Waals surface area contributed by atoms with Gasteiger partial charge in [0.05, 0.1) is 23.6 Å². The summed E-state index contributed by atoms with van der Waals surface area (Å²) in [6, 6.07) is 3.27. The molecule has 0 N–H and O–H groups in total. The van der Waals surface area contributed by atoms with E-state index in [1.165, 1.54) is 10.6 Å². The smallest absolute Gasteiger partial charge is 0.306 e. The highest BCUT2D eigenvalue weighted by Crippen LogP contribution is 2.33. The molecular formula is C17H19F2N3O4. The average molecular weight is 367 g/mol. The van der Waals surface area contributed by atoms with Gasteiger partial charge >= 0.3 is 5.97 Å². The third-order valence-electron chi connectivity index (χ3n) is 3.70. The highest BCUT2D eigenvalue weighted by molar-refractivity contribution is 5.69. The van der Waals surface area contributed by atoms with Crippen molar-refractivity contribution < 1.29 is 23.2 Å². The van der Waals surface area contributed by atoms with E-state index >= 15 is 0 Å². The molecule has 26 heavy (non-hydrogen) atoms. The Morgan fingerprint density at radius 3 is 2.69 bits per heavy atom. The zero-order chi connectivity index (χ0) is 19.5. The molecule has 7 nitrogen and oxygen atoms in total. The number of nitrogens with zero attached hydrogens (tertiary/aromatic N) is 3. The first-order chi connectivity index (χ1) is 12.1. The van der Waals surface area contributed by atoms with Gasteiger partial charge in [-0.1, -0.05) is 6.07 Å². The Hall–Kier alpha value is -2.84. The number of aryl methyl sites for hydroxylation is 2. The fraction of sp³-hybridized carbons (Fsp3) is 0.412. The molecule has 0 spiro atoms. The Morgan fingerprint density at radius 2 is 2.12 bits per heavy atom. The Balaban J connectivity index is 2.45. The van der Waals surface area contributed by atoms with Gasteiger partial charge in [-0.3, -0.25) is 19.5 Å². The largest absolute Gasteiger partial charge is 0.466 e. The van der Waals surface area contributed by atoms with Gasteiger partial charge in [-0.25, -0.2) is 13.8 Å². The molecule has 1 aromatic carbocycles. The van der Waals surface area contributed by atoms with Gasteiger partial charge in [0.1, 0.15) is 11.5 Å². The molecule has 0 aliphatic heterocycles. The van der Waals surface area contributed by atoms with Crippen LogP contribution in [0, 0.1) is 17.0 Å². The maximum absolute atomic E-state index is 13.5. The van der Waals surface area contributed by atoms with Crippen LogP contribution in [0.3, 0.4) is 0 Å². The van der Waals surface area contributed by atoms with Crippen LogP contribution >= 0.6 is 0 Å². The topological polar surface area (TPSA) is 87.3 Å². The number of carbonyl (C=O) groups excluding carboxylic acids is 1. The van der Waals surface area contributed by atoms with E-state index in [0.717, 1.165) is 12.1 Å². The Labute approximate surface area is 148 Å². The van der Waals surface area contributed by atoms with Crippen LogP contribution in [-0.2, 0) is 21.9 Å². The summed E-state index contributed by atoms with van der Waals surface area (Å²) in [5.74, 6) is -3.19. The summed E-state index contributed by atoms with van der Waals surface area (Å²) in [5.41, 5.74) is -0.206. The van der Waals surface area contributed by atoms with Crippen molar-refractivity contribution in [3.63, 3.8) is 0 Å². The minimum Gasteiger partial charge on any atom is -0.466 e. The minimum atomic E-state index is -3.19. The van der Waals surface area contributed by atoms with Gasteiger partial charge in [-0.05, 0) is 19.9 Å². The lowest BCUT2D eigenvalue weighted by Gasteiger charge is -2.13. The Morgan fingerprint density at radius 1 is 1.42 bits per heavy atom.